The van der Waals surface area contributed by atoms with E-state index in [1.165, 1.54) is 28.8 Å². The van der Waals surface area contributed by atoms with Gasteiger partial charge in [-0.15, -0.1) is 0 Å². The first-order chi connectivity index (χ1) is 14.0. The highest BCUT2D eigenvalue weighted by Crippen LogP contribution is 2.53. The molecule has 0 saturated heterocycles. The van der Waals surface area contributed by atoms with Crippen molar-refractivity contribution in [3.8, 4) is 0 Å². The minimum Gasteiger partial charge on any atom is -0.431 e. The fourth-order valence-corrected chi connectivity index (χ4v) is 7.97. The van der Waals surface area contributed by atoms with E-state index in [0.717, 1.165) is 10.9 Å². The number of amides is 1. The molecule has 29 heavy (non-hydrogen) atoms. The summed E-state index contributed by atoms with van der Waals surface area (Å²) in [5.74, 6) is -0.976. The Morgan fingerprint density at radius 1 is 1.17 bits per heavy atom. The SMILES string of the molecule is CCOP(=S)(c1ccccc1)C(OC(=O)NC)C(=N)SSNCc1ccccc1. The molecule has 0 aliphatic rings. The molecule has 1 amide bonds. The van der Waals surface area contributed by atoms with Gasteiger partial charge in [0.1, 0.15) is 11.3 Å². The molecule has 0 fully saturated rings. The molecule has 0 radical (unpaired) electrons. The van der Waals surface area contributed by atoms with E-state index >= 15 is 0 Å². The minimum absolute atomic E-state index is 0.125. The summed E-state index contributed by atoms with van der Waals surface area (Å²) < 4.78 is 14.7. The van der Waals surface area contributed by atoms with Crippen molar-refractivity contribution in [2.75, 3.05) is 13.7 Å². The number of carbonyl (C=O) groups excluding carboxylic acids is 1. The summed E-state index contributed by atoms with van der Waals surface area (Å²) in [5, 5.41) is 11.9. The Kier molecular flexibility index (Phi) is 10.2. The molecular formula is C19H24N3O3PS3. The highest BCUT2D eigenvalue weighted by atomic mass is 33.1. The lowest BCUT2D eigenvalue weighted by Gasteiger charge is -2.30. The van der Waals surface area contributed by atoms with Gasteiger partial charge in [-0.25, -0.2) is 9.52 Å². The highest BCUT2D eigenvalue weighted by molar-refractivity contribution is 8.81. The third-order valence-electron chi connectivity index (χ3n) is 3.70. The van der Waals surface area contributed by atoms with E-state index < -0.39 is 18.2 Å². The van der Waals surface area contributed by atoms with E-state index in [1.54, 1.807) is 0 Å². The highest BCUT2D eigenvalue weighted by Gasteiger charge is 2.38. The molecule has 0 bridgehead atoms. The number of rotatable bonds is 10. The normalized spacial score (nSPS) is 13.9. The first-order valence-electron chi connectivity index (χ1n) is 8.88. The number of alkyl carbamates (subject to hydrolysis) is 1. The summed E-state index contributed by atoms with van der Waals surface area (Å²) in [7, 11) is 3.93. The maximum absolute atomic E-state index is 12.0. The second-order valence-electron chi connectivity index (χ2n) is 5.70. The third kappa shape index (κ3) is 7.13. The van der Waals surface area contributed by atoms with E-state index in [4.69, 9.17) is 26.5 Å². The Morgan fingerprint density at radius 2 is 1.79 bits per heavy atom. The summed E-state index contributed by atoms with van der Waals surface area (Å²) in [6.45, 7) is 2.84. The van der Waals surface area contributed by atoms with Gasteiger partial charge in [-0.3, -0.25) is 5.41 Å². The largest absolute Gasteiger partial charge is 0.431 e. The fraction of sp³-hybridized carbons (Fsp3) is 0.263. The van der Waals surface area contributed by atoms with Crippen LogP contribution in [0.3, 0.4) is 0 Å². The molecule has 10 heteroatoms. The molecule has 2 atom stereocenters. The van der Waals surface area contributed by atoms with Crippen molar-refractivity contribution in [1.29, 1.82) is 5.41 Å². The predicted octanol–water partition coefficient (Wildman–Crippen LogP) is 4.49. The smallest absolute Gasteiger partial charge is 0.408 e. The Balaban J connectivity index is 2.13. The molecule has 2 rings (SSSR count). The molecule has 0 heterocycles. The standard InChI is InChI=1S/C19H24N3O3PS3/c1-3-24-26(27,16-12-8-5-9-13-16)18(25-19(23)21-2)17(20)28-29-22-14-15-10-6-4-7-11-15/h4-13,18,20,22H,3,14H2,1-2H3,(H,21,23). The Hall–Kier alpha value is -1.35. The molecule has 0 aliphatic heterocycles. The Bertz CT molecular complexity index is 840. The van der Waals surface area contributed by atoms with Gasteiger partial charge in [0.15, 0.2) is 0 Å². The summed E-state index contributed by atoms with van der Waals surface area (Å²) in [6, 6.07) is 19.3. The van der Waals surface area contributed by atoms with Crippen molar-refractivity contribution in [3.05, 3.63) is 66.2 Å². The third-order valence-corrected chi connectivity index (χ3v) is 9.92. The van der Waals surface area contributed by atoms with E-state index in [0.29, 0.717) is 13.2 Å². The van der Waals surface area contributed by atoms with E-state index in [-0.39, 0.29) is 5.04 Å². The predicted molar refractivity (Wildman–Crippen MR) is 128 cm³/mol. The van der Waals surface area contributed by atoms with Crippen molar-refractivity contribution in [2.45, 2.75) is 19.3 Å². The van der Waals surface area contributed by atoms with Crippen LogP contribution < -0.4 is 15.3 Å². The maximum Gasteiger partial charge on any atom is 0.408 e. The van der Waals surface area contributed by atoms with Gasteiger partial charge in [-0.2, -0.15) is 0 Å². The molecule has 2 aromatic rings. The van der Waals surface area contributed by atoms with E-state index in [1.807, 2.05) is 67.6 Å². The lowest BCUT2D eigenvalue weighted by atomic mass is 10.2. The monoisotopic (exact) mass is 469 g/mol. The van der Waals surface area contributed by atoms with Gasteiger partial charge in [0.2, 0.25) is 5.85 Å². The van der Waals surface area contributed by atoms with Gasteiger partial charge in [-0.05, 0) is 34.3 Å². The summed E-state index contributed by atoms with van der Waals surface area (Å²) in [5.41, 5.74) is 1.13. The average molecular weight is 470 g/mol. The average Bonchev–Trinajstić information content (AvgIpc) is 2.76. The lowest BCUT2D eigenvalue weighted by molar-refractivity contribution is 0.151. The molecule has 0 aliphatic carbocycles. The minimum atomic E-state index is -2.85. The summed E-state index contributed by atoms with van der Waals surface area (Å²) >= 11 is 5.89. The van der Waals surface area contributed by atoms with Gasteiger partial charge in [0.25, 0.3) is 0 Å². The molecule has 0 saturated carbocycles. The van der Waals surface area contributed by atoms with Crippen molar-refractivity contribution in [2.24, 2.45) is 0 Å². The van der Waals surface area contributed by atoms with E-state index in [2.05, 4.69) is 10.0 Å². The molecule has 6 nitrogen and oxygen atoms in total. The van der Waals surface area contributed by atoms with Crippen molar-refractivity contribution in [3.63, 3.8) is 0 Å². The zero-order chi connectivity index (χ0) is 21.1. The van der Waals surface area contributed by atoms with Crippen LogP contribution in [0.1, 0.15) is 12.5 Å². The fourth-order valence-electron chi connectivity index (χ4n) is 2.37. The first-order valence-corrected chi connectivity index (χ1v) is 13.8. The Labute approximate surface area is 184 Å². The van der Waals surface area contributed by atoms with Gasteiger partial charge in [-0.1, -0.05) is 72.5 Å². The maximum atomic E-state index is 12.0. The number of hydrogen-bond donors (Lipinski definition) is 3. The Morgan fingerprint density at radius 3 is 2.38 bits per heavy atom. The van der Waals surface area contributed by atoms with Crippen LogP contribution in [0.5, 0.6) is 0 Å². The number of carbonyl (C=O) groups is 1. The number of benzene rings is 2. The summed E-state index contributed by atoms with van der Waals surface area (Å²) in [6.07, 6.45) is -3.49. The number of nitrogens with one attached hydrogen (secondary N) is 3. The molecule has 2 aromatic carbocycles. The van der Waals surface area contributed by atoms with Crippen LogP contribution in [0.2, 0.25) is 0 Å². The quantitative estimate of drug-likeness (QED) is 0.118. The van der Waals surface area contributed by atoms with Gasteiger partial charge in [0.05, 0.1) is 0 Å². The van der Waals surface area contributed by atoms with Crippen molar-refractivity contribution in [1.82, 2.24) is 10.0 Å². The van der Waals surface area contributed by atoms with E-state index in [9.17, 15) is 4.79 Å². The molecule has 0 spiro atoms. The van der Waals surface area contributed by atoms with Crippen LogP contribution in [-0.2, 0) is 27.6 Å². The van der Waals surface area contributed by atoms with Crippen LogP contribution in [0.4, 0.5) is 4.79 Å². The molecule has 0 aromatic heterocycles. The van der Waals surface area contributed by atoms with Crippen LogP contribution in [0.15, 0.2) is 60.7 Å². The molecule has 3 N–H and O–H groups in total. The molecule has 156 valence electrons. The van der Waals surface area contributed by atoms with Crippen LogP contribution in [-0.4, -0.2) is 30.6 Å². The van der Waals surface area contributed by atoms with Crippen LogP contribution in [0.25, 0.3) is 0 Å². The molecular weight excluding hydrogens is 445 g/mol. The van der Waals surface area contributed by atoms with Crippen LogP contribution >= 0.6 is 28.0 Å². The van der Waals surface area contributed by atoms with Gasteiger partial charge >= 0.3 is 6.09 Å². The second kappa shape index (κ2) is 12.4. The van der Waals surface area contributed by atoms with Gasteiger partial charge in [0, 0.05) is 25.5 Å². The lowest BCUT2D eigenvalue weighted by Crippen LogP contribution is -2.33. The van der Waals surface area contributed by atoms with Crippen molar-refractivity contribution >= 4 is 56.3 Å². The van der Waals surface area contributed by atoms with Crippen LogP contribution in [0, 0.1) is 5.41 Å². The number of ether oxygens (including phenoxy) is 1. The summed E-state index contributed by atoms with van der Waals surface area (Å²) in [4.78, 5) is 12.0. The molecule has 2 unspecified atom stereocenters. The zero-order valence-corrected chi connectivity index (χ0v) is 19.5. The topological polar surface area (TPSA) is 83.4 Å². The second-order valence-corrected chi connectivity index (χ2v) is 11.8. The van der Waals surface area contributed by atoms with Gasteiger partial charge < -0.3 is 14.6 Å². The zero-order valence-electron chi connectivity index (χ0n) is 16.2. The first kappa shape index (κ1) is 23.9. The van der Waals surface area contributed by atoms with Crippen molar-refractivity contribution < 1.29 is 14.1 Å². The number of hydrogen-bond acceptors (Lipinski definition) is 8.